The maximum atomic E-state index is 11.8. The van der Waals surface area contributed by atoms with Crippen LogP contribution in [0.2, 0.25) is 0 Å². The maximum absolute atomic E-state index is 11.8. The summed E-state index contributed by atoms with van der Waals surface area (Å²) in [6.45, 7) is 4.62. The third-order valence-electron chi connectivity index (χ3n) is 3.69. The fourth-order valence-electron chi connectivity index (χ4n) is 1.83. The number of nitrogen functional groups attached to an aromatic ring is 1. The van der Waals surface area contributed by atoms with Gasteiger partial charge in [-0.25, -0.2) is 0 Å². The zero-order valence-electron chi connectivity index (χ0n) is 11.6. The predicted molar refractivity (Wildman–Crippen MR) is 75.5 cm³/mol. The van der Waals surface area contributed by atoms with Gasteiger partial charge in [-0.2, -0.15) is 0 Å². The Labute approximate surface area is 114 Å². The number of rotatable bonds is 7. The zero-order chi connectivity index (χ0) is 14.3. The molecule has 0 unspecified atom stereocenters. The van der Waals surface area contributed by atoms with Gasteiger partial charge in [0.25, 0.3) is 0 Å². The van der Waals surface area contributed by atoms with Gasteiger partial charge in [-0.15, -0.1) is 0 Å². The molecule has 1 amide bonds. The molecule has 19 heavy (non-hydrogen) atoms. The van der Waals surface area contributed by atoms with Crippen LogP contribution in [0.25, 0.3) is 0 Å². The Morgan fingerprint density at radius 1 is 1.42 bits per heavy atom. The number of aromatic nitrogens is 1. The van der Waals surface area contributed by atoms with E-state index in [0.717, 1.165) is 12.8 Å². The lowest BCUT2D eigenvalue weighted by atomic mass is 9.83. The van der Waals surface area contributed by atoms with E-state index in [-0.39, 0.29) is 24.3 Å². The number of hydrogen-bond acceptors (Lipinski definition) is 4. The Bertz CT molecular complexity index is 391. The van der Waals surface area contributed by atoms with Crippen LogP contribution in [0.15, 0.2) is 18.3 Å². The van der Waals surface area contributed by atoms with E-state index in [1.54, 1.807) is 18.3 Å². The minimum atomic E-state index is -0.218. The molecule has 0 aliphatic heterocycles. The topological polar surface area (TPSA) is 88.2 Å². The Kier molecular flexibility index (Phi) is 5.76. The number of amides is 1. The van der Waals surface area contributed by atoms with E-state index in [4.69, 9.17) is 5.73 Å². The highest BCUT2D eigenvalue weighted by molar-refractivity contribution is 5.78. The van der Waals surface area contributed by atoms with Gasteiger partial charge in [-0.3, -0.25) is 9.78 Å². The normalized spacial score (nSPS) is 11.3. The van der Waals surface area contributed by atoms with Gasteiger partial charge in [0.1, 0.15) is 0 Å². The van der Waals surface area contributed by atoms with Crippen LogP contribution in [0.5, 0.6) is 0 Å². The number of aliphatic hydroxyl groups is 1. The second-order valence-electron chi connectivity index (χ2n) is 4.90. The van der Waals surface area contributed by atoms with Gasteiger partial charge in [-0.05, 0) is 25.0 Å². The van der Waals surface area contributed by atoms with Crippen molar-refractivity contribution in [1.82, 2.24) is 10.3 Å². The van der Waals surface area contributed by atoms with Crippen molar-refractivity contribution >= 4 is 11.6 Å². The molecule has 0 aromatic carbocycles. The summed E-state index contributed by atoms with van der Waals surface area (Å²) in [7, 11) is 0. The van der Waals surface area contributed by atoms with Gasteiger partial charge in [0.15, 0.2) is 0 Å². The molecule has 1 aromatic rings. The van der Waals surface area contributed by atoms with Crippen LogP contribution in [0.3, 0.4) is 0 Å². The van der Waals surface area contributed by atoms with Crippen molar-refractivity contribution in [3.05, 3.63) is 24.0 Å². The monoisotopic (exact) mass is 265 g/mol. The number of aliphatic hydroxyl groups excluding tert-OH is 1. The van der Waals surface area contributed by atoms with E-state index in [9.17, 15) is 9.90 Å². The van der Waals surface area contributed by atoms with Crippen LogP contribution in [-0.4, -0.2) is 29.1 Å². The van der Waals surface area contributed by atoms with Crippen molar-refractivity contribution in [3.8, 4) is 0 Å². The van der Waals surface area contributed by atoms with Gasteiger partial charge in [0.2, 0.25) is 5.91 Å². The van der Waals surface area contributed by atoms with Crippen molar-refractivity contribution < 1.29 is 9.90 Å². The van der Waals surface area contributed by atoms with E-state index >= 15 is 0 Å². The van der Waals surface area contributed by atoms with E-state index in [0.29, 0.717) is 17.9 Å². The summed E-state index contributed by atoms with van der Waals surface area (Å²) in [5.41, 5.74) is 6.59. The SMILES string of the molecule is CCC(CC)(CO)CNC(=O)Cc1ccc(N)cn1. The number of anilines is 1. The van der Waals surface area contributed by atoms with Crippen molar-refractivity contribution in [2.24, 2.45) is 5.41 Å². The molecule has 5 heteroatoms. The molecule has 4 N–H and O–H groups in total. The average molecular weight is 265 g/mol. The van der Waals surface area contributed by atoms with Crippen LogP contribution in [0, 0.1) is 5.41 Å². The van der Waals surface area contributed by atoms with Crippen LogP contribution in [-0.2, 0) is 11.2 Å². The third kappa shape index (κ3) is 4.52. The summed E-state index contributed by atoms with van der Waals surface area (Å²) in [5, 5.41) is 12.3. The highest BCUT2D eigenvalue weighted by Crippen LogP contribution is 2.24. The quantitative estimate of drug-likeness (QED) is 0.689. The summed E-state index contributed by atoms with van der Waals surface area (Å²) in [4.78, 5) is 15.9. The second kappa shape index (κ2) is 7.09. The molecule has 1 rings (SSSR count). The highest BCUT2D eigenvalue weighted by atomic mass is 16.3. The molecule has 0 bridgehead atoms. The Morgan fingerprint density at radius 3 is 2.58 bits per heavy atom. The van der Waals surface area contributed by atoms with Crippen LogP contribution in [0.4, 0.5) is 5.69 Å². The van der Waals surface area contributed by atoms with Crippen molar-refractivity contribution in [1.29, 1.82) is 0 Å². The van der Waals surface area contributed by atoms with Gasteiger partial charge >= 0.3 is 0 Å². The number of pyridine rings is 1. The fraction of sp³-hybridized carbons (Fsp3) is 0.571. The van der Waals surface area contributed by atoms with E-state index in [1.807, 2.05) is 13.8 Å². The number of nitrogens with one attached hydrogen (secondary N) is 1. The minimum Gasteiger partial charge on any atom is -0.397 e. The lowest BCUT2D eigenvalue weighted by molar-refractivity contribution is -0.121. The Balaban J connectivity index is 2.49. The zero-order valence-corrected chi connectivity index (χ0v) is 11.6. The second-order valence-corrected chi connectivity index (χ2v) is 4.90. The number of nitrogens with two attached hydrogens (primary N) is 1. The number of carbonyl (C=O) groups excluding carboxylic acids is 1. The highest BCUT2D eigenvalue weighted by Gasteiger charge is 2.25. The number of hydrogen-bond donors (Lipinski definition) is 3. The molecule has 0 fully saturated rings. The summed E-state index contributed by atoms with van der Waals surface area (Å²) in [5.74, 6) is -0.0861. The summed E-state index contributed by atoms with van der Waals surface area (Å²) in [6, 6.07) is 3.47. The Morgan fingerprint density at radius 2 is 2.11 bits per heavy atom. The third-order valence-corrected chi connectivity index (χ3v) is 3.69. The lowest BCUT2D eigenvalue weighted by Crippen LogP contribution is -2.40. The van der Waals surface area contributed by atoms with Crippen LogP contribution in [0.1, 0.15) is 32.4 Å². The molecule has 0 radical (unpaired) electrons. The largest absolute Gasteiger partial charge is 0.397 e. The molecular weight excluding hydrogens is 242 g/mol. The average Bonchev–Trinajstić information content (AvgIpc) is 2.44. The van der Waals surface area contributed by atoms with Gasteiger partial charge in [0.05, 0.1) is 24.9 Å². The smallest absolute Gasteiger partial charge is 0.226 e. The van der Waals surface area contributed by atoms with Gasteiger partial charge in [0, 0.05) is 17.7 Å². The fourth-order valence-corrected chi connectivity index (χ4v) is 1.83. The summed E-state index contributed by atoms with van der Waals surface area (Å²) < 4.78 is 0. The van der Waals surface area contributed by atoms with Gasteiger partial charge in [-0.1, -0.05) is 13.8 Å². The van der Waals surface area contributed by atoms with E-state index in [1.165, 1.54) is 0 Å². The lowest BCUT2D eigenvalue weighted by Gasteiger charge is -2.29. The first-order valence-electron chi connectivity index (χ1n) is 6.63. The molecule has 0 saturated heterocycles. The van der Waals surface area contributed by atoms with Crippen molar-refractivity contribution in [3.63, 3.8) is 0 Å². The van der Waals surface area contributed by atoms with Crippen LogP contribution < -0.4 is 11.1 Å². The molecule has 0 saturated carbocycles. The van der Waals surface area contributed by atoms with Gasteiger partial charge < -0.3 is 16.2 Å². The standard InChI is InChI=1S/C14H23N3O2/c1-3-14(4-2,10-18)9-17-13(19)7-12-6-5-11(15)8-16-12/h5-6,8,18H,3-4,7,9-10,15H2,1-2H3,(H,17,19). The molecule has 1 aromatic heterocycles. The van der Waals surface area contributed by atoms with E-state index in [2.05, 4.69) is 10.3 Å². The maximum Gasteiger partial charge on any atom is 0.226 e. The van der Waals surface area contributed by atoms with E-state index < -0.39 is 0 Å². The molecule has 106 valence electrons. The summed E-state index contributed by atoms with van der Waals surface area (Å²) >= 11 is 0. The number of carbonyl (C=O) groups is 1. The molecule has 5 nitrogen and oxygen atoms in total. The van der Waals surface area contributed by atoms with Crippen molar-refractivity contribution in [2.75, 3.05) is 18.9 Å². The van der Waals surface area contributed by atoms with Crippen molar-refractivity contribution in [2.45, 2.75) is 33.1 Å². The summed E-state index contributed by atoms with van der Waals surface area (Å²) in [6.07, 6.45) is 3.44. The Hall–Kier alpha value is -1.62. The molecule has 0 atom stereocenters. The molecule has 0 spiro atoms. The first-order chi connectivity index (χ1) is 9.05. The van der Waals surface area contributed by atoms with Crippen LogP contribution >= 0.6 is 0 Å². The minimum absolute atomic E-state index is 0.0837. The first-order valence-corrected chi connectivity index (χ1v) is 6.63. The predicted octanol–water partition coefficient (Wildman–Crippen LogP) is 1.12. The molecule has 0 aliphatic carbocycles. The molecule has 1 heterocycles. The number of nitrogens with zero attached hydrogens (tertiary/aromatic N) is 1. The molecular formula is C14H23N3O2. The molecule has 0 aliphatic rings. The first kappa shape index (κ1) is 15.4.